The van der Waals surface area contributed by atoms with E-state index in [0.29, 0.717) is 6.61 Å². The molecule has 1 N–H and O–H groups in total. The molecule has 0 aromatic carbocycles. The maximum Gasteiger partial charge on any atom is 0.463 e. The molecule has 0 radical (unpaired) electrons. The van der Waals surface area contributed by atoms with Crippen LogP contribution in [-0.2, 0) is 4.65 Å². The van der Waals surface area contributed by atoms with E-state index in [1.807, 2.05) is 0 Å². The number of hydrogen-bond acceptors (Lipinski definition) is 4. The van der Waals surface area contributed by atoms with Crippen LogP contribution in [0.3, 0.4) is 0 Å². The van der Waals surface area contributed by atoms with Gasteiger partial charge in [0.2, 0.25) is 0 Å². The fourth-order valence-corrected chi connectivity index (χ4v) is 1.37. The quantitative estimate of drug-likeness (QED) is 0.593. The molecule has 1 aliphatic heterocycles. The summed E-state index contributed by atoms with van der Waals surface area (Å²) >= 11 is 0. The molecular weight excluding hydrogens is 155 g/mol. The molecule has 0 amide bonds. The van der Waals surface area contributed by atoms with Gasteiger partial charge < -0.3 is 9.68 Å². The largest absolute Gasteiger partial charge is 0.463 e. The average molecular weight is 164 g/mol. The molecule has 4 nitrogen and oxygen atoms in total. The summed E-state index contributed by atoms with van der Waals surface area (Å²) in [6.07, 6.45) is 5.73. The second-order valence-corrected chi connectivity index (χ2v) is 2.79. The second kappa shape index (κ2) is 3.20. The van der Waals surface area contributed by atoms with Gasteiger partial charge in [-0.2, -0.15) is 0 Å². The Labute approximate surface area is 70.8 Å². The highest BCUT2D eigenvalue weighted by molar-refractivity contribution is 6.45. The SMILES string of the molecule is OB1OCCC1c1cnccn1. The van der Waals surface area contributed by atoms with E-state index < -0.39 is 7.12 Å². The predicted octanol–water partition coefficient (Wildman–Crippen LogP) is 0.000200. The zero-order valence-corrected chi connectivity index (χ0v) is 6.55. The van der Waals surface area contributed by atoms with Crippen molar-refractivity contribution in [2.75, 3.05) is 6.61 Å². The second-order valence-electron chi connectivity index (χ2n) is 2.79. The summed E-state index contributed by atoms with van der Waals surface area (Å²) in [4.78, 5) is 8.04. The maximum atomic E-state index is 9.35. The normalized spacial score (nSPS) is 23.1. The van der Waals surface area contributed by atoms with Crippen LogP contribution in [0.25, 0.3) is 0 Å². The van der Waals surface area contributed by atoms with Crippen LogP contribution < -0.4 is 0 Å². The van der Waals surface area contributed by atoms with Crippen LogP contribution in [0.5, 0.6) is 0 Å². The van der Waals surface area contributed by atoms with Crippen molar-refractivity contribution >= 4 is 7.12 Å². The van der Waals surface area contributed by atoms with Crippen LogP contribution in [0.2, 0.25) is 0 Å². The first-order valence-electron chi connectivity index (χ1n) is 3.93. The first-order valence-corrected chi connectivity index (χ1v) is 3.93. The first-order chi connectivity index (χ1) is 5.88. The minimum atomic E-state index is -0.707. The fourth-order valence-electron chi connectivity index (χ4n) is 1.37. The van der Waals surface area contributed by atoms with Crippen molar-refractivity contribution < 1.29 is 9.68 Å². The summed E-state index contributed by atoms with van der Waals surface area (Å²) in [5.74, 6) is -0.00120. The minimum Gasteiger partial charge on any atom is -0.427 e. The lowest BCUT2D eigenvalue weighted by Gasteiger charge is -2.06. The van der Waals surface area contributed by atoms with Gasteiger partial charge in [0.05, 0.1) is 5.69 Å². The molecule has 1 atom stereocenters. The van der Waals surface area contributed by atoms with Crippen molar-refractivity contribution in [3.05, 3.63) is 24.3 Å². The smallest absolute Gasteiger partial charge is 0.427 e. The van der Waals surface area contributed by atoms with Crippen molar-refractivity contribution in [1.29, 1.82) is 0 Å². The summed E-state index contributed by atoms with van der Waals surface area (Å²) in [6.45, 7) is 0.600. The minimum absolute atomic E-state index is 0.00120. The van der Waals surface area contributed by atoms with Gasteiger partial charge in [-0.3, -0.25) is 9.97 Å². The van der Waals surface area contributed by atoms with E-state index in [2.05, 4.69) is 9.97 Å². The van der Waals surface area contributed by atoms with Gasteiger partial charge in [0.1, 0.15) is 0 Å². The Balaban J connectivity index is 2.19. The van der Waals surface area contributed by atoms with Gasteiger partial charge in [-0.25, -0.2) is 0 Å². The molecule has 1 aromatic heterocycles. The molecule has 0 spiro atoms. The molecule has 2 rings (SSSR count). The van der Waals surface area contributed by atoms with Gasteiger partial charge in [-0.15, -0.1) is 0 Å². The lowest BCUT2D eigenvalue weighted by Crippen LogP contribution is -2.20. The van der Waals surface area contributed by atoms with Gasteiger partial charge in [-0.1, -0.05) is 0 Å². The Kier molecular flexibility index (Phi) is 2.06. The van der Waals surface area contributed by atoms with Crippen LogP contribution >= 0.6 is 0 Å². The van der Waals surface area contributed by atoms with Crippen LogP contribution in [-0.4, -0.2) is 28.7 Å². The van der Waals surface area contributed by atoms with Crippen molar-refractivity contribution in [2.45, 2.75) is 12.2 Å². The third-order valence-electron chi connectivity index (χ3n) is 2.02. The summed E-state index contributed by atoms with van der Waals surface area (Å²) in [5.41, 5.74) is 0.808. The molecule has 0 aliphatic carbocycles. The van der Waals surface area contributed by atoms with Gasteiger partial charge in [0, 0.05) is 31.0 Å². The predicted molar refractivity (Wildman–Crippen MR) is 43.3 cm³/mol. The monoisotopic (exact) mass is 164 g/mol. The summed E-state index contributed by atoms with van der Waals surface area (Å²) < 4.78 is 5.01. The van der Waals surface area contributed by atoms with Crippen LogP contribution in [0.15, 0.2) is 18.6 Å². The summed E-state index contributed by atoms with van der Waals surface area (Å²) in [7, 11) is -0.707. The van der Waals surface area contributed by atoms with E-state index in [4.69, 9.17) is 4.65 Å². The third-order valence-corrected chi connectivity index (χ3v) is 2.02. The highest BCUT2D eigenvalue weighted by Gasteiger charge is 2.34. The van der Waals surface area contributed by atoms with Gasteiger partial charge in [0.15, 0.2) is 0 Å². The first kappa shape index (κ1) is 7.70. The van der Waals surface area contributed by atoms with Crippen molar-refractivity contribution in [3.8, 4) is 0 Å². The molecule has 12 heavy (non-hydrogen) atoms. The van der Waals surface area contributed by atoms with Gasteiger partial charge >= 0.3 is 7.12 Å². The molecule has 5 heteroatoms. The molecule has 1 fully saturated rings. The maximum absolute atomic E-state index is 9.35. The van der Waals surface area contributed by atoms with E-state index in [0.717, 1.165) is 12.1 Å². The Morgan fingerprint density at radius 3 is 3.08 bits per heavy atom. The van der Waals surface area contributed by atoms with Crippen LogP contribution in [0.1, 0.15) is 17.9 Å². The highest BCUT2D eigenvalue weighted by Crippen LogP contribution is 2.24. The number of nitrogens with zero attached hydrogens (tertiary/aromatic N) is 2. The molecule has 1 aromatic rings. The Morgan fingerprint density at radius 1 is 1.58 bits per heavy atom. The molecule has 62 valence electrons. The summed E-state index contributed by atoms with van der Waals surface area (Å²) in [6, 6.07) is 0. The molecule has 0 saturated carbocycles. The van der Waals surface area contributed by atoms with Crippen molar-refractivity contribution in [3.63, 3.8) is 0 Å². The highest BCUT2D eigenvalue weighted by atomic mass is 16.5. The Bertz CT molecular complexity index is 257. The van der Waals surface area contributed by atoms with Crippen LogP contribution in [0, 0.1) is 0 Å². The van der Waals surface area contributed by atoms with E-state index in [-0.39, 0.29) is 5.82 Å². The standard InChI is InChI=1S/C7H9BN2O2/c11-8-6(1-4-12-8)7-5-9-2-3-10-7/h2-3,5-6,11H,1,4H2. The Hall–Kier alpha value is -0.935. The number of rotatable bonds is 1. The lowest BCUT2D eigenvalue weighted by atomic mass is 9.71. The Morgan fingerprint density at radius 2 is 2.50 bits per heavy atom. The average Bonchev–Trinajstić information content (AvgIpc) is 2.53. The molecule has 2 heterocycles. The number of aromatic nitrogens is 2. The van der Waals surface area contributed by atoms with E-state index in [9.17, 15) is 5.02 Å². The summed E-state index contributed by atoms with van der Waals surface area (Å²) in [5, 5.41) is 9.35. The van der Waals surface area contributed by atoms with Gasteiger partial charge in [0.25, 0.3) is 0 Å². The third kappa shape index (κ3) is 1.33. The molecule has 1 unspecified atom stereocenters. The van der Waals surface area contributed by atoms with E-state index in [1.54, 1.807) is 18.6 Å². The lowest BCUT2D eigenvalue weighted by molar-refractivity contribution is 0.301. The molecular formula is C7H9BN2O2. The molecule has 1 saturated heterocycles. The topological polar surface area (TPSA) is 55.2 Å². The number of hydrogen-bond donors (Lipinski definition) is 1. The van der Waals surface area contributed by atoms with E-state index >= 15 is 0 Å². The molecule has 0 bridgehead atoms. The van der Waals surface area contributed by atoms with Crippen molar-refractivity contribution in [2.24, 2.45) is 0 Å². The molecule has 1 aliphatic rings. The van der Waals surface area contributed by atoms with Gasteiger partial charge in [-0.05, 0) is 6.42 Å². The van der Waals surface area contributed by atoms with E-state index in [1.165, 1.54) is 0 Å². The van der Waals surface area contributed by atoms with Crippen LogP contribution in [0.4, 0.5) is 0 Å². The zero-order valence-electron chi connectivity index (χ0n) is 6.55. The zero-order chi connectivity index (χ0) is 8.39. The fraction of sp³-hybridized carbons (Fsp3) is 0.429. The van der Waals surface area contributed by atoms with Crippen molar-refractivity contribution in [1.82, 2.24) is 9.97 Å².